The highest BCUT2D eigenvalue weighted by Crippen LogP contribution is 2.30. The maximum atomic E-state index is 10.4. The maximum absolute atomic E-state index is 10.4. The second-order valence-corrected chi connectivity index (χ2v) is 4.76. The van der Waals surface area contributed by atoms with Gasteiger partial charge in [0.05, 0.1) is 6.10 Å². The van der Waals surface area contributed by atoms with Crippen molar-refractivity contribution in [1.82, 2.24) is 4.90 Å². The van der Waals surface area contributed by atoms with Gasteiger partial charge in [0.2, 0.25) is 0 Å². The minimum atomic E-state index is -0.860. The van der Waals surface area contributed by atoms with Crippen molar-refractivity contribution in [2.75, 3.05) is 19.6 Å². The predicted octanol–water partition coefficient (Wildman–Crippen LogP) is 2.39. The van der Waals surface area contributed by atoms with Gasteiger partial charge in [-0.3, -0.25) is 0 Å². The van der Waals surface area contributed by atoms with Gasteiger partial charge >= 0.3 is 0 Å². The molecule has 0 aromatic carbocycles. The molecule has 0 radical (unpaired) electrons. The highest BCUT2D eigenvalue weighted by atomic mass is 16.6. The molecule has 96 valence electrons. The molecule has 16 heavy (non-hydrogen) atoms. The van der Waals surface area contributed by atoms with E-state index in [0.717, 1.165) is 51.7 Å². The number of ether oxygens (including phenoxy) is 1. The molecule has 1 N–H and O–H groups in total. The second kappa shape index (κ2) is 6.58. The first-order valence-electron chi connectivity index (χ1n) is 6.76. The molecule has 1 rings (SSSR count). The van der Waals surface area contributed by atoms with Crippen LogP contribution in [0.5, 0.6) is 0 Å². The average molecular weight is 229 g/mol. The fourth-order valence-electron chi connectivity index (χ4n) is 2.38. The Morgan fingerprint density at radius 3 is 2.56 bits per heavy atom. The van der Waals surface area contributed by atoms with Gasteiger partial charge in [-0.15, -0.1) is 0 Å². The lowest BCUT2D eigenvalue weighted by molar-refractivity contribution is -0.258. The van der Waals surface area contributed by atoms with Crippen LogP contribution in [-0.4, -0.2) is 41.5 Å². The molecule has 0 spiro atoms. The van der Waals surface area contributed by atoms with Crippen molar-refractivity contribution in [2.45, 2.75) is 64.8 Å². The lowest BCUT2D eigenvalue weighted by atomic mass is 9.97. The van der Waals surface area contributed by atoms with Crippen LogP contribution in [0.1, 0.15) is 52.9 Å². The van der Waals surface area contributed by atoms with Crippen LogP contribution in [0.15, 0.2) is 0 Å². The van der Waals surface area contributed by atoms with Crippen LogP contribution in [0, 0.1) is 0 Å². The van der Waals surface area contributed by atoms with E-state index < -0.39 is 5.79 Å². The highest BCUT2D eigenvalue weighted by molar-refractivity contribution is 4.77. The van der Waals surface area contributed by atoms with Crippen molar-refractivity contribution in [2.24, 2.45) is 0 Å². The van der Waals surface area contributed by atoms with Crippen LogP contribution in [0.4, 0.5) is 0 Å². The summed E-state index contributed by atoms with van der Waals surface area (Å²) in [6.45, 7) is 9.46. The van der Waals surface area contributed by atoms with Gasteiger partial charge in [0.1, 0.15) is 0 Å². The summed E-state index contributed by atoms with van der Waals surface area (Å²) in [7, 11) is 0. The van der Waals surface area contributed by atoms with E-state index in [9.17, 15) is 5.11 Å². The zero-order valence-corrected chi connectivity index (χ0v) is 11.0. The number of nitrogens with zero attached hydrogens (tertiary/aromatic N) is 1. The van der Waals surface area contributed by atoms with Crippen LogP contribution in [0.2, 0.25) is 0 Å². The summed E-state index contributed by atoms with van der Waals surface area (Å²) in [5.41, 5.74) is 0. The van der Waals surface area contributed by atoms with E-state index in [-0.39, 0.29) is 6.10 Å². The third-order valence-electron chi connectivity index (χ3n) is 3.65. The van der Waals surface area contributed by atoms with Crippen LogP contribution < -0.4 is 0 Å². The molecular formula is C13H27NO2. The van der Waals surface area contributed by atoms with Crippen molar-refractivity contribution >= 4 is 0 Å². The molecule has 1 saturated heterocycles. The van der Waals surface area contributed by atoms with Crippen molar-refractivity contribution in [1.29, 1.82) is 0 Å². The van der Waals surface area contributed by atoms with E-state index in [4.69, 9.17) is 4.74 Å². The molecule has 2 atom stereocenters. The van der Waals surface area contributed by atoms with Gasteiger partial charge in [0.25, 0.3) is 0 Å². The molecule has 0 aromatic rings. The van der Waals surface area contributed by atoms with Gasteiger partial charge < -0.3 is 14.7 Å². The SMILES string of the molecule is CCC1CCC[C@@](O)(CCN(CC)CC)O1. The lowest BCUT2D eigenvalue weighted by Crippen LogP contribution is -2.43. The van der Waals surface area contributed by atoms with Crippen molar-refractivity contribution in [3.63, 3.8) is 0 Å². The monoisotopic (exact) mass is 229 g/mol. The van der Waals surface area contributed by atoms with Crippen LogP contribution in [0.3, 0.4) is 0 Å². The highest BCUT2D eigenvalue weighted by Gasteiger charge is 2.34. The van der Waals surface area contributed by atoms with Gasteiger partial charge in [-0.05, 0) is 32.4 Å². The Morgan fingerprint density at radius 2 is 2.00 bits per heavy atom. The molecule has 1 aliphatic heterocycles. The fraction of sp³-hybridized carbons (Fsp3) is 1.00. The van der Waals surface area contributed by atoms with Gasteiger partial charge in [-0.1, -0.05) is 20.8 Å². The van der Waals surface area contributed by atoms with E-state index in [1.54, 1.807) is 0 Å². The van der Waals surface area contributed by atoms with Crippen LogP contribution in [-0.2, 0) is 4.74 Å². The summed E-state index contributed by atoms with van der Waals surface area (Å²) in [5.74, 6) is -0.860. The number of hydrogen-bond donors (Lipinski definition) is 1. The molecule has 1 aliphatic rings. The molecule has 1 unspecified atom stereocenters. The quantitative estimate of drug-likeness (QED) is 0.759. The minimum Gasteiger partial charge on any atom is -0.365 e. The summed E-state index contributed by atoms with van der Waals surface area (Å²) >= 11 is 0. The van der Waals surface area contributed by atoms with Gasteiger partial charge in [0.15, 0.2) is 5.79 Å². The smallest absolute Gasteiger partial charge is 0.167 e. The average Bonchev–Trinajstić information content (AvgIpc) is 2.30. The first-order valence-corrected chi connectivity index (χ1v) is 6.76. The molecule has 0 amide bonds. The Kier molecular flexibility index (Phi) is 5.73. The molecule has 3 nitrogen and oxygen atoms in total. The Balaban J connectivity index is 2.38. The van der Waals surface area contributed by atoms with Crippen molar-refractivity contribution in [3.05, 3.63) is 0 Å². The summed E-state index contributed by atoms with van der Waals surface area (Å²) in [6, 6.07) is 0. The van der Waals surface area contributed by atoms with E-state index in [0.29, 0.717) is 0 Å². The van der Waals surface area contributed by atoms with E-state index in [2.05, 4.69) is 25.7 Å². The topological polar surface area (TPSA) is 32.7 Å². The molecule has 0 bridgehead atoms. The maximum Gasteiger partial charge on any atom is 0.167 e. The van der Waals surface area contributed by atoms with Gasteiger partial charge in [0, 0.05) is 19.4 Å². The Morgan fingerprint density at radius 1 is 1.31 bits per heavy atom. The molecule has 1 fully saturated rings. The summed E-state index contributed by atoms with van der Waals surface area (Å²) in [6.07, 6.45) is 5.00. The third kappa shape index (κ3) is 4.04. The van der Waals surface area contributed by atoms with E-state index >= 15 is 0 Å². The summed E-state index contributed by atoms with van der Waals surface area (Å²) < 4.78 is 5.79. The molecule has 1 heterocycles. The summed E-state index contributed by atoms with van der Waals surface area (Å²) in [4.78, 5) is 2.33. The standard InChI is InChI=1S/C13H27NO2/c1-4-12-8-7-9-13(15,16-12)10-11-14(5-2)6-3/h12,15H,4-11H2,1-3H3/t12?,13-/m0/s1. The van der Waals surface area contributed by atoms with E-state index in [1.165, 1.54) is 0 Å². The Labute approximate surface area is 99.8 Å². The van der Waals surface area contributed by atoms with Crippen LogP contribution >= 0.6 is 0 Å². The Bertz CT molecular complexity index is 194. The third-order valence-corrected chi connectivity index (χ3v) is 3.65. The minimum absolute atomic E-state index is 0.260. The fourth-order valence-corrected chi connectivity index (χ4v) is 2.38. The number of aliphatic hydroxyl groups is 1. The first-order chi connectivity index (χ1) is 7.63. The lowest BCUT2D eigenvalue weighted by Gasteiger charge is -2.38. The molecular weight excluding hydrogens is 202 g/mol. The zero-order valence-electron chi connectivity index (χ0n) is 11.0. The molecule has 3 heteroatoms. The largest absolute Gasteiger partial charge is 0.365 e. The van der Waals surface area contributed by atoms with Gasteiger partial charge in [-0.25, -0.2) is 0 Å². The number of hydrogen-bond acceptors (Lipinski definition) is 3. The van der Waals surface area contributed by atoms with Crippen LogP contribution in [0.25, 0.3) is 0 Å². The predicted molar refractivity (Wildman–Crippen MR) is 66.4 cm³/mol. The van der Waals surface area contributed by atoms with Crippen molar-refractivity contribution < 1.29 is 9.84 Å². The Hall–Kier alpha value is -0.120. The van der Waals surface area contributed by atoms with Crippen molar-refractivity contribution in [3.8, 4) is 0 Å². The zero-order chi connectivity index (χ0) is 12.0. The van der Waals surface area contributed by atoms with Gasteiger partial charge in [-0.2, -0.15) is 0 Å². The summed E-state index contributed by atoms with van der Waals surface area (Å²) in [5, 5.41) is 10.4. The van der Waals surface area contributed by atoms with E-state index in [1.807, 2.05) is 0 Å². The second-order valence-electron chi connectivity index (χ2n) is 4.76. The first kappa shape index (κ1) is 13.9. The molecule has 0 saturated carbocycles. The normalized spacial score (nSPS) is 30.9. The molecule has 0 aromatic heterocycles. The molecule has 0 aliphatic carbocycles. The number of rotatable bonds is 6.